The molecule has 3 rings (SSSR count). The maximum absolute atomic E-state index is 6.31. The Balaban J connectivity index is 1.81. The highest BCUT2D eigenvalue weighted by Crippen LogP contribution is 2.45. The topological polar surface area (TPSA) is 44.5 Å². The molecule has 2 N–H and O–H groups in total. The zero-order chi connectivity index (χ0) is 12.6. The van der Waals surface area contributed by atoms with Crippen LogP contribution in [0.15, 0.2) is 24.3 Å². The van der Waals surface area contributed by atoms with Gasteiger partial charge in [-0.05, 0) is 31.7 Å². The first-order chi connectivity index (χ1) is 8.72. The van der Waals surface area contributed by atoms with Gasteiger partial charge in [0, 0.05) is 25.1 Å². The summed E-state index contributed by atoms with van der Waals surface area (Å²) in [5.41, 5.74) is 7.40. The predicted octanol–water partition coefficient (Wildman–Crippen LogP) is 2.80. The molecular weight excluding hydrogens is 226 g/mol. The Morgan fingerprint density at radius 2 is 2.00 bits per heavy atom. The summed E-state index contributed by atoms with van der Waals surface area (Å²) in [6.45, 7) is 0. The minimum atomic E-state index is -0.0528. The van der Waals surface area contributed by atoms with Gasteiger partial charge in [0.05, 0.1) is 6.10 Å². The summed E-state index contributed by atoms with van der Waals surface area (Å²) in [5, 5.41) is 0. The van der Waals surface area contributed by atoms with E-state index in [1.54, 1.807) is 7.11 Å². The first-order valence-corrected chi connectivity index (χ1v) is 6.79. The summed E-state index contributed by atoms with van der Waals surface area (Å²) >= 11 is 0. The van der Waals surface area contributed by atoms with Crippen LogP contribution in [0.5, 0.6) is 5.75 Å². The van der Waals surface area contributed by atoms with Gasteiger partial charge in [-0.1, -0.05) is 18.2 Å². The molecule has 0 saturated heterocycles. The lowest BCUT2D eigenvalue weighted by atomic mass is 9.76. The van der Waals surface area contributed by atoms with Crippen molar-refractivity contribution < 1.29 is 9.47 Å². The third kappa shape index (κ3) is 2.02. The van der Waals surface area contributed by atoms with Crippen molar-refractivity contribution in [3.8, 4) is 5.75 Å². The van der Waals surface area contributed by atoms with Gasteiger partial charge in [0.2, 0.25) is 0 Å². The molecule has 3 heteroatoms. The smallest absolute Gasteiger partial charge is 0.124 e. The first kappa shape index (κ1) is 12.0. The quantitative estimate of drug-likeness (QED) is 0.830. The Morgan fingerprint density at radius 1 is 1.28 bits per heavy atom. The number of rotatable bonds is 1. The number of hydrogen-bond donors (Lipinski definition) is 1. The van der Waals surface area contributed by atoms with E-state index in [1.165, 1.54) is 0 Å². The molecule has 1 heterocycles. The monoisotopic (exact) mass is 247 g/mol. The second-order valence-electron chi connectivity index (χ2n) is 5.57. The SMILES string of the molecule is COC1CCC2(CC1)C[C@H](N)c1ccccc1O2. The Morgan fingerprint density at radius 3 is 2.72 bits per heavy atom. The molecule has 2 aliphatic rings. The molecule has 18 heavy (non-hydrogen) atoms. The molecule has 98 valence electrons. The summed E-state index contributed by atoms with van der Waals surface area (Å²) < 4.78 is 11.7. The van der Waals surface area contributed by atoms with Crippen LogP contribution in [0.4, 0.5) is 0 Å². The lowest BCUT2D eigenvalue weighted by molar-refractivity contribution is -0.0428. The van der Waals surface area contributed by atoms with Gasteiger partial charge in [-0.25, -0.2) is 0 Å². The average Bonchev–Trinajstić information content (AvgIpc) is 2.40. The van der Waals surface area contributed by atoms with Crippen molar-refractivity contribution in [1.82, 2.24) is 0 Å². The van der Waals surface area contributed by atoms with Gasteiger partial charge in [-0.3, -0.25) is 0 Å². The second kappa shape index (κ2) is 4.56. The maximum atomic E-state index is 6.31. The van der Waals surface area contributed by atoms with Crippen molar-refractivity contribution in [2.45, 2.75) is 49.9 Å². The van der Waals surface area contributed by atoms with Crippen LogP contribution >= 0.6 is 0 Å². The highest BCUT2D eigenvalue weighted by Gasteiger charge is 2.42. The maximum Gasteiger partial charge on any atom is 0.124 e. The van der Waals surface area contributed by atoms with E-state index in [2.05, 4.69) is 6.07 Å². The number of para-hydroxylation sites is 1. The zero-order valence-corrected chi connectivity index (χ0v) is 10.9. The van der Waals surface area contributed by atoms with Crippen LogP contribution in [0.2, 0.25) is 0 Å². The van der Waals surface area contributed by atoms with Crippen molar-refractivity contribution in [2.75, 3.05) is 7.11 Å². The zero-order valence-electron chi connectivity index (χ0n) is 10.9. The third-order valence-corrected chi connectivity index (χ3v) is 4.41. The van der Waals surface area contributed by atoms with E-state index in [4.69, 9.17) is 15.2 Å². The molecule has 1 aromatic carbocycles. The van der Waals surface area contributed by atoms with Crippen LogP contribution in [0.3, 0.4) is 0 Å². The largest absolute Gasteiger partial charge is 0.487 e. The van der Waals surface area contributed by atoms with E-state index in [1.807, 2.05) is 18.2 Å². The fourth-order valence-electron chi connectivity index (χ4n) is 3.32. The van der Waals surface area contributed by atoms with Crippen LogP contribution < -0.4 is 10.5 Å². The number of nitrogens with two attached hydrogens (primary N) is 1. The molecule has 0 radical (unpaired) electrons. The Kier molecular flexibility index (Phi) is 3.04. The molecule has 1 aliphatic carbocycles. The van der Waals surface area contributed by atoms with Crippen molar-refractivity contribution in [1.29, 1.82) is 0 Å². The van der Waals surface area contributed by atoms with Gasteiger partial charge >= 0.3 is 0 Å². The summed E-state index contributed by atoms with van der Waals surface area (Å²) in [6.07, 6.45) is 5.57. The molecule has 0 bridgehead atoms. The van der Waals surface area contributed by atoms with Crippen LogP contribution in [0.25, 0.3) is 0 Å². The molecule has 0 unspecified atom stereocenters. The van der Waals surface area contributed by atoms with Gasteiger partial charge in [-0.15, -0.1) is 0 Å². The van der Waals surface area contributed by atoms with Gasteiger partial charge < -0.3 is 15.2 Å². The molecule has 1 aromatic rings. The van der Waals surface area contributed by atoms with E-state index in [0.717, 1.165) is 43.4 Å². The molecule has 1 spiro atoms. The molecular formula is C15H21NO2. The fourth-order valence-corrected chi connectivity index (χ4v) is 3.32. The summed E-state index contributed by atoms with van der Waals surface area (Å²) in [4.78, 5) is 0. The van der Waals surface area contributed by atoms with Gasteiger partial charge in [-0.2, -0.15) is 0 Å². The van der Waals surface area contributed by atoms with Crippen LogP contribution in [-0.4, -0.2) is 18.8 Å². The predicted molar refractivity (Wildman–Crippen MR) is 70.6 cm³/mol. The van der Waals surface area contributed by atoms with Gasteiger partial charge in [0.1, 0.15) is 11.4 Å². The lowest BCUT2D eigenvalue weighted by Gasteiger charge is -2.45. The first-order valence-electron chi connectivity index (χ1n) is 6.79. The minimum absolute atomic E-state index is 0.0528. The van der Waals surface area contributed by atoms with Crippen molar-refractivity contribution in [3.05, 3.63) is 29.8 Å². The molecule has 1 fully saturated rings. The number of benzene rings is 1. The van der Waals surface area contributed by atoms with Crippen LogP contribution in [-0.2, 0) is 4.74 Å². The van der Waals surface area contributed by atoms with Crippen molar-refractivity contribution in [2.24, 2.45) is 5.73 Å². The molecule has 0 amide bonds. The standard InChI is InChI=1S/C15H21NO2/c1-17-11-6-8-15(9-7-11)10-13(16)12-4-2-3-5-14(12)18-15/h2-5,11,13H,6-10,16H2,1H3/t11?,13-,15?/m0/s1. The summed E-state index contributed by atoms with van der Waals surface area (Å²) in [7, 11) is 1.80. The highest BCUT2D eigenvalue weighted by atomic mass is 16.5. The Labute approximate surface area is 108 Å². The molecule has 0 aromatic heterocycles. The Bertz CT molecular complexity index is 424. The third-order valence-electron chi connectivity index (χ3n) is 4.41. The highest BCUT2D eigenvalue weighted by molar-refractivity contribution is 5.38. The number of ether oxygens (including phenoxy) is 2. The summed E-state index contributed by atoms with van der Waals surface area (Å²) in [5.74, 6) is 0.979. The fraction of sp³-hybridized carbons (Fsp3) is 0.600. The summed E-state index contributed by atoms with van der Waals surface area (Å²) in [6, 6.07) is 8.27. The normalized spacial score (nSPS) is 35.0. The molecule has 3 nitrogen and oxygen atoms in total. The van der Waals surface area contributed by atoms with E-state index in [-0.39, 0.29) is 11.6 Å². The molecule has 1 saturated carbocycles. The van der Waals surface area contributed by atoms with Crippen molar-refractivity contribution >= 4 is 0 Å². The van der Waals surface area contributed by atoms with Crippen LogP contribution in [0, 0.1) is 0 Å². The van der Waals surface area contributed by atoms with E-state index >= 15 is 0 Å². The van der Waals surface area contributed by atoms with Gasteiger partial charge in [0.15, 0.2) is 0 Å². The molecule has 1 aliphatic heterocycles. The van der Waals surface area contributed by atoms with Gasteiger partial charge in [0.25, 0.3) is 0 Å². The number of hydrogen-bond acceptors (Lipinski definition) is 3. The Hall–Kier alpha value is -1.06. The van der Waals surface area contributed by atoms with E-state index < -0.39 is 0 Å². The number of fused-ring (bicyclic) bond motifs is 1. The average molecular weight is 247 g/mol. The van der Waals surface area contributed by atoms with E-state index in [0.29, 0.717) is 6.10 Å². The molecule has 1 atom stereocenters. The number of methoxy groups -OCH3 is 1. The van der Waals surface area contributed by atoms with E-state index in [9.17, 15) is 0 Å². The minimum Gasteiger partial charge on any atom is -0.487 e. The lowest BCUT2D eigenvalue weighted by Crippen LogP contribution is -2.46. The van der Waals surface area contributed by atoms with Crippen LogP contribution in [0.1, 0.15) is 43.7 Å². The second-order valence-corrected chi connectivity index (χ2v) is 5.57. The van der Waals surface area contributed by atoms with Crippen molar-refractivity contribution in [3.63, 3.8) is 0 Å².